The van der Waals surface area contributed by atoms with E-state index in [-0.39, 0.29) is 0 Å². The molecule has 0 bridgehead atoms. The van der Waals surface area contributed by atoms with E-state index < -0.39 is 0 Å². The van der Waals surface area contributed by atoms with E-state index in [1.165, 1.54) is 0 Å². The molecule has 1 aromatic carbocycles. The van der Waals surface area contributed by atoms with Gasteiger partial charge < -0.3 is 11.1 Å². The van der Waals surface area contributed by atoms with Crippen LogP contribution in [0.15, 0.2) is 22.7 Å². The maximum atomic E-state index is 8.62. The molecule has 1 aromatic rings. The van der Waals surface area contributed by atoms with E-state index in [9.17, 15) is 0 Å². The summed E-state index contributed by atoms with van der Waals surface area (Å²) < 4.78 is 0.889. The lowest BCUT2D eigenvalue weighted by Crippen LogP contribution is -2.13. The second-order valence-corrected chi connectivity index (χ2v) is 3.38. The molecular formula is C9H10BrN3. The van der Waals surface area contributed by atoms with Crippen molar-refractivity contribution in [1.82, 2.24) is 0 Å². The molecule has 0 saturated heterocycles. The van der Waals surface area contributed by atoms with E-state index in [0.717, 1.165) is 16.7 Å². The molecule has 68 valence electrons. The molecule has 0 aliphatic carbocycles. The van der Waals surface area contributed by atoms with Gasteiger partial charge in [-0.1, -0.05) is 0 Å². The quantitative estimate of drug-likeness (QED) is 0.845. The lowest BCUT2D eigenvalue weighted by molar-refractivity contribution is 1.02. The molecule has 0 aliphatic heterocycles. The van der Waals surface area contributed by atoms with Gasteiger partial charge in [-0.2, -0.15) is 5.26 Å². The summed E-state index contributed by atoms with van der Waals surface area (Å²) in [5.74, 6) is 0. The maximum absolute atomic E-state index is 8.62. The zero-order valence-electron chi connectivity index (χ0n) is 7.05. The Balaban J connectivity index is 2.81. The standard InChI is InChI=1S/C9H10BrN3/c10-8-5-7(6-12)1-2-9(8)13-4-3-11/h1-2,5,13H,3-4,11H2. The Morgan fingerprint density at radius 1 is 1.54 bits per heavy atom. The van der Waals surface area contributed by atoms with E-state index in [0.29, 0.717) is 12.1 Å². The predicted octanol–water partition coefficient (Wildman–Crippen LogP) is 1.69. The van der Waals surface area contributed by atoms with E-state index in [2.05, 4.69) is 27.3 Å². The van der Waals surface area contributed by atoms with Crippen molar-refractivity contribution in [1.29, 1.82) is 5.26 Å². The summed E-state index contributed by atoms with van der Waals surface area (Å²) in [6.45, 7) is 1.32. The molecule has 0 fully saturated rings. The number of hydrogen-bond acceptors (Lipinski definition) is 3. The Bertz CT molecular complexity index is 330. The van der Waals surface area contributed by atoms with Crippen LogP contribution in [0.4, 0.5) is 5.69 Å². The highest BCUT2D eigenvalue weighted by Crippen LogP contribution is 2.22. The second kappa shape index (κ2) is 4.85. The van der Waals surface area contributed by atoms with Gasteiger partial charge in [0.1, 0.15) is 0 Å². The largest absolute Gasteiger partial charge is 0.383 e. The average molecular weight is 240 g/mol. The molecule has 0 aromatic heterocycles. The number of nitrogens with zero attached hydrogens (tertiary/aromatic N) is 1. The molecule has 0 spiro atoms. The monoisotopic (exact) mass is 239 g/mol. The minimum Gasteiger partial charge on any atom is -0.383 e. The minimum atomic E-state index is 0.590. The summed E-state index contributed by atoms with van der Waals surface area (Å²) in [6, 6.07) is 7.47. The van der Waals surface area contributed by atoms with Crippen molar-refractivity contribution in [3.63, 3.8) is 0 Å². The molecule has 0 radical (unpaired) electrons. The minimum absolute atomic E-state index is 0.590. The van der Waals surface area contributed by atoms with Gasteiger partial charge in [-0.3, -0.25) is 0 Å². The van der Waals surface area contributed by atoms with Crippen molar-refractivity contribution in [3.8, 4) is 6.07 Å². The zero-order chi connectivity index (χ0) is 9.68. The van der Waals surface area contributed by atoms with Gasteiger partial charge in [-0.15, -0.1) is 0 Å². The van der Waals surface area contributed by atoms with Gasteiger partial charge in [0.05, 0.1) is 11.6 Å². The van der Waals surface area contributed by atoms with Crippen molar-refractivity contribution in [2.24, 2.45) is 5.73 Å². The predicted molar refractivity (Wildman–Crippen MR) is 56.4 cm³/mol. The van der Waals surface area contributed by atoms with Crippen LogP contribution >= 0.6 is 15.9 Å². The molecule has 4 heteroatoms. The molecule has 0 atom stereocenters. The summed E-state index contributed by atoms with van der Waals surface area (Å²) in [5, 5.41) is 11.8. The van der Waals surface area contributed by atoms with Crippen molar-refractivity contribution in [2.45, 2.75) is 0 Å². The van der Waals surface area contributed by atoms with Crippen molar-refractivity contribution >= 4 is 21.6 Å². The number of halogens is 1. The second-order valence-electron chi connectivity index (χ2n) is 2.52. The number of nitrogens with two attached hydrogens (primary N) is 1. The number of rotatable bonds is 3. The molecule has 0 aliphatic rings. The van der Waals surface area contributed by atoms with Gasteiger partial charge in [-0.25, -0.2) is 0 Å². The lowest BCUT2D eigenvalue weighted by Gasteiger charge is -2.06. The molecule has 3 N–H and O–H groups in total. The number of anilines is 1. The van der Waals surface area contributed by atoms with Crippen LogP contribution in [0.25, 0.3) is 0 Å². The summed E-state index contributed by atoms with van der Waals surface area (Å²) in [7, 11) is 0. The highest BCUT2D eigenvalue weighted by Gasteiger charge is 1.99. The van der Waals surface area contributed by atoms with E-state index in [1.54, 1.807) is 12.1 Å². The van der Waals surface area contributed by atoms with Gasteiger partial charge >= 0.3 is 0 Å². The highest BCUT2D eigenvalue weighted by atomic mass is 79.9. The van der Waals surface area contributed by atoms with Crippen LogP contribution in [-0.4, -0.2) is 13.1 Å². The van der Waals surface area contributed by atoms with Crippen LogP contribution in [0.5, 0.6) is 0 Å². The molecular weight excluding hydrogens is 230 g/mol. The third kappa shape index (κ3) is 2.72. The fourth-order valence-corrected chi connectivity index (χ4v) is 1.45. The lowest BCUT2D eigenvalue weighted by atomic mass is 10.2. The van der Waals surface area contributed by atoms with Crippen molar-refractivity contribution < 1.29 is 0 Å². The normalized spacial score (nSPS) is 9.31. The van der Waals surface area contributed by atoms with E-state index in [4.69, 9.17) is 11.0 Å². The summed E-state index contributed by atoms with van der Waals surface area (Å²) in [5.41, 5.74) is 6.96. The Morgan fingerprint density at radius 2 is 2.31 bits per heavy atom. The summed E-state index contributed by atoms with van der Waals surface area (Å²) in [6.07, 6.45) is 0. The molecule has 0 saturated carbocycles. The molecule has 13 heavy (non-hydrogen) atoms. The van der Waals surface area contributed by atoms with Gasteiger partial charge in [-0.05, 0) is 34.1 Å². The fraction of sp³-hybridized carbons (Fsp3) is 0.222. The first-order valence-corrected chi connectivity index (χ1v) is 4.71. The molecule has 3 nitrogen and oxygen atoms in total. The van der Waals surface area contributed by atoms with Crippen LogP contribution in [-0.2, 0) is 0 Å². The SMILES string of the molecule is N#Cc1ccc(NCCN)c(Br)c1. The first-order chi connectivity index (χ1) is 6.27. The molecule has 0 unspecified atom stereocenters. The van der Waals surface area contributed by atoms with E-state index in [1.807, 2.05) is 6.07 Å². The van der Waals surface area contributed by atoms with Gasteiger partial charge in [0.2, 0.25) is 0 Å². The average Bonchev–Trinajstić information content (AvgIpc) is 2.16. The zero-order valence-corrected chi connectivity index (χ0v) is 8.63. The summed E-state index contributed by atoms with van der Waals surface area (Å²) in [4.78, 5) is 0. The third-order valence-electron chi connectivity index (χ3n) is 1.56. The Kier molecular flexibility index (Phi) is 3.74. The Morgan fingerprint density at radius 3 is 2.85 bits per heavy atom. The summed E-state index contributed by atoms with van der Waals surface area (Å²) >= 11 is 3.36. The van der Waals surface area contributed by atoms with Crippen LogP contribution in [0.3, 0.4) is 0 Å². The van der Waals surface area contributed by atoms with Crippen molar-refractivity contribution in [3.05, 3.63) is 28.2 Å². The third-order valence-corrected chi connectivity index (χ3v) is 2.21. The van der Waals surface area contributed by atoms with E-state index >= 15 is 0 Å². The molecule has 1 rings (SSSR count). The fourth-order valence-electron chi connectivity index (χ4n) is 0.935. The van der Waals surface area contributed by atoms with Gasteiger partial charge in [0.15, 0.2) is 0 Å². The number of nitriles is 1. The van der Waals surface area contributed by atoms with Crippen LogP contribution < -0.4 is 11.1 Å². The molecule has 0 heterocycles. The Labute approximate surface area is 85.7 Å². The Hall–Kier alpha value is -1.05. The first kappa shape index (κ1) is 10.0. The topological polar surface area (TPSA) is 61.8 Å². The van der Waals surface area contributed by atoms with Crippen molar-refractivity contribution in [2.75, 3.05) is 18.4 Å². The molecule has 0 amide bonds. The van der Waals surface area contributed by atoms with Gasteiger partial charge in [0.25, 0.3) is 0 Å². The number of benzene rings is 1. The first-order valence-electron chi connectivity index (χ1n) is 3.91. The maximum Gasteiger partial charge on any atom is 0.0992 e. The van der Waals surface area contributed by atoms with Crippen LogP contribution in [0.1, 0.15) is 5.56 Å². The van der Waals surface area contributed by atoms with Crippen LogP contribution in [0.2, 0.25) is 0 Å². The van der Waals surface area contributed by atoms with Gasteiger partial charge in [0, 0.05) is 23.2 Å². The number of hydrogen-bond donors (Lipinski definition) is 2. The van der Waals surface area contributed by atoms with Crippen LogP contribution in [0, 0.1) is 11.3 Å². The highest BCUT2D eigenvalue weighted by molar-refractivity contribution is 9.10. The number of nitrogens with one attached hydrogen (secondary N) is 1. The smallest absolute Gasteiger partial charge is 0.0992 e.